The fourth-order valence-corrected chi connectivity index (χ4v) is 1.79. The Morgan fingerprint density at radius 3 is 2.42 bits per heavy atom. The topological polar surface area (TPSA) is 72.3 Å². The number of nitrogens with zero attached hydrogens (tertiary/aromatic N) is 1. The highest BCUT2D eigenvalue weighted by molar-refractivity contribution is 5.71. The third-order valence-electron chi connectivity index (χ3n) is 2.87. The second-order valence-electron chi connectivity index (χ2n) is 4.58. The zero-order chi connectivity index (χ0) is 14.2. The molecule has 1 aromatic heterocycles. The molecule has 1 aromatic carbocycles. The first-order valence-electron chi connectivity index (χ1n) is 5.77. The lowest BCUT2D eigenvalue weighted by Crippen LogP contribution is -1.95. The van der Waals surface area contributed by atoms with E-state index in [4.69, 9.17) is 10.3 Å². The normalized spacial score (nSPS) is 11.5. The summed E-state index contributed by atoms with van der Waals surface area (Å²) in [5, 5.41) is 13.6. The molecule has 2 rings (SSSR count). The number of benzene rings is 1. The lowest BCUT2D eigenvalue weighted by atomic mass is 9.95. The Morgan fingerprint density at radius 2 is 1.95 bits per heavy atom. The number of hydrogen-bond acceptors (Lipinski definition) is 4. The minimum atomic E-state index is -2.76. The number of nitrogens with two attached hydrogens (primary N) is 1. The molecule has 0 unspecified atom stereocenters. The van der Waals surface area contributed by atoms with E-state index in [2.05, 4.69) is 5.16 Å². The van der Waals surface area contributed by atoms with E-state index in [1.54, 1.807) is 6.07 Å². The average molecular weight is 268 g/mol. The van der Waals surface area contributed by atoms with Crippen LogP contribution < -0.4 is 5.73 Å². The largest absolute Gasteiger partial charge is 0.507 e. The van der Waals surface area contributed by atoms with Crippen molar-refractivity contribution in [1.29, 1.82) is 0 Å². The molecule has 0 aliphatic heterocycles. The molecule has 0 aliphatic carbocycles. The van der Waals surface area contributed by atoms with Gasteiger partial charge in [0, 0.05) is 11.6 Å². The molecule has 0 atom stereocenters. The van der Waals surface area contributed by atoms with Crippen molar-refractivity contribution < 1.29 is 18.4 Å². The fraction of sp³-hybridized carbons (Fsp3) is 0.308. The molecular formula is C13H14F2N2O2. The second kappa shape index (κ2) is 4.87. The van der Waals surface area contributed by atoms with Crippen LogP contribution in [0.2, 0.25) is 0 Å². The number of anilines is 1. The number of rotatable bonds is 3. The van der Waals surface area contributed by atoms with E-state index < -0.39 is 17.7 Å². The van der Waals surface area contributed by atoms with Crippen LogP contribution in [0, 0.1) is 0 Å². The van der Waals surface area contributed by atoms with Gasteiger partial charge in [0.1, 0.15) is 11.4 Å². The summed E-state index contributed by atoms with van der Waals surface area (Å²) in [7, 11) is 0. The maximum absolute atomic E-state index is 12.9. The summed E-state index contributed by atoms with van der Waals surface area (Å²) in [6.07, 6.45) is -2.76. The summed E-state index contributed by atoms with van der Waals surface area (Å²) in [5.41, 5.74) is 6.11. The van der Waals surface area contributed by atoms with Gasteiger partial charge in [-0.3, -0.25) is 0 Å². The van der Waals surface area contributed by atoms with Crippen molar-refractivity contribution in [2.75, 3.05) is 5.73 Å². The van der Waals surface area contributed by atoms with E-state index >= 15 is 0 Å². The van der Waals surface area contributed by atoms with Crippen molar-refractivity contribution in [2.24, 2.45) is 0 Å². The SMILES string of the molecule is CC(C)c1cc(-c2cc(N)on2)c(O)c(C(F)F)c1. The van der Waals surface area contributed by atoms with Crippen molar-refractivity contribution in [3.8, 4) is 17.0 Å². The Labute approximate surface area is 108 Å². The van der Waals surface area contributed by atoms with Crippen LogP contribution in [-0.4, -0.2) is 10.3 Å². The van der Waals surface area contributed by atoms with Crippen LogP contribution in [0.1, 0.15) is 37.3 Å². The number of halogens is 2. The van der Waals surface area contributed by atoms with Crippen LogP contribution in [0.3, 0.4) is 0 Å². The van der Waals surface area contributed by atoms with Crippen molar-refractivity contribution in [3.63, 3.8) is 0 Å². The molecule has 3 N–H and O–H groups in total. The first-order chi connectivity index (χ1) is 8.90. The molecule has 0 amide bonds. The number of hydrogen-bond donors (Lipinski definition) is 2. The predicted octanol–water partition coefficient (Wildman–Crippen LogP) is 3.69. The van der Waals surface area contributed by atoms with Gasteiger partial charge in [0.15, 0.2) is 0 Å². The zero-order valence-electron chi connectivity index (χ0n) is 10.5. The molecule has 102 valence electrons. The molecular weight excluding hydrogens is 254 g/mol. The van der Waals surface area contributed by atoms with E-state index in [1.165, 1.54) is 12.1 Å². The van der Waals surface area contributed by atoms with Gasteiger partial charge in [0.2, 0.25) is 5.88 Å². The van der Waals surface area contributed by atoms with Crippen LogP contribution in [-0.2, 0) is 0 Å². The Morgan fingerprint density at radius 1 is 1.26 bits per heavy atom. The van der Waals surface area contributed by atoms with E-state index in [9.17, 15) is 13.9 Å². The smallest absolute Gasteiger partial charge is 0.267 e. The maximum Gasteiger partial charge on any atom is 0.267 e. The molecule has 6 heteroatoms. The van der Waals surface area contributed by atoms with Crippen LogP contribution in [0.25, 0.3) is 11.3 Å². The van der Waals surface area contributed by atoms with E-state index in [0.29, 0.717) is 5.56 Å². The number of phenols is 1. The zero-order valence-corrected chi connectivity index (χ0v) is 10.5. The van der Waals surface area contributed by atoms with E-state index in [0.717, 1.165) is 0 Å². The third kappa shape index (κ3) is 2.52. The standard InChI is InChI=1S/C13H14F2N2O2/c1-6(2)7-3-8(10-5-11(16)19-17-10)12(18)9(4-7)13(14)15/h3-6,13,18H,16H2,1-2H3. The molecule has 0 fully saturated rings. The van der Waals surface area contributed by atoms with E-state index in [-0.39, 0.29) is 23.1 Å². The van der Waals surface area contributed by atoms with Crippen molar-refractivity contribution in [2.45, 2.75) is 26.2 Å². The third-order valence-corrected chi connectivity index (χ3v) is 2.87. The molecule has 19 heavy (non-hydrogen) atoms. The first kappa shape index (κ1) is 13.3. The lowest BCUT2D eigenvalue weighted by Gasteiger charge is -2.13. The van der Waals surface area contributed by atoms with Gasteiger partial charge >= 0.3 is 0 Å². The minimum Gasteiger partial charge on any atom is -0.507 e. The number of phenolic OH excluding ortho intramolecular Hbond substituents is 1. The molecule has 0 bridgehead atoms. The molecule has 0 aliphatic rings. The summed E-state index contributed by atoms with van der Waals surface area (Å²) in [6.45, 7) is 3.76. The molecule has 1 heterocycles. The summed E-state index contributed by atoms with van der Waals surface area (Å²) in [5.74, 6) is -0.392. The van der Waals surface area contributed by atoms with Crippen LogP contribution in [0.15, 0.2) is 22.7 Å². The molecule has 0 radical (unpaired) electrons. The highest BCUT2D eigenvalue weighted by Gasteiger charge is 2.21. The van der Waals surface area contributed by atoms with Gasteiger partial charge < -0.3 is 15.4 Å². The van der Waals surface area contributed by atoms with Crippen LogP contribution >= 0.6 is 0 Å². The summed E-state index contributed by atoms with van der Waals surface area (Å²) in [4.78, 5) is 0. The average Bonchev–Trinajstić information content (AvgIpc) is 2.75. The van der Waals surface area contributed by atoms with Crippen LogP contribution in [0.5, 0.6) is 5.75 Å². The van der Waals surface area contributed by atoms with Gasteiger partial charge in [0.25, 0.3) is 6.43 Å². The van der Waals surface area contributed by atoms with Crippen LogP contribution in [0.4, 0.5) is 14.7 Å². The van der Waals surface area contributed by atoms with Crippen molar-refractivity contribution in [3.05, 3.63) is 29.3 Å². The number of nitrogen functional groups attached to an aromatic ring is 1. The molecule has 0 saturated heterocycles. The molecule has 0 spiro atoms. The monoisotopic (exact) mass is 268 g/mol. The quantitative estimate of drug-likeness (QED) is 0.890. The summed E-state index contributed by atoms with van der Waals surface area (Å²) in [6, 6.07) is 4.30. The Bertz CT molecular complexity index is 594. The fourth-order valence-electron chi connectivity index (χ4n) is 1.79. The molecule has 0 saturated carbocycles. The number of aromatic hydroxyl groups is 1. The molecule has 4 nitrogen and oxygen atoms in total. The Hall–Kier alpha value is -2.11. The minimum absolute atomic E-state index is 0.0427. The van der Waals surface area contributed by atoms with E-state index in [1.807, 2.05) is 13.8 Å². The number of alkyl halides is 2. The van der Waals surface area contributed by atoms with Crippen molar-refractivity contribution in [1.82, 2.24) is 5.16 Å². The van der Waals surface area contributed by atoms with Crippen molar-refractivity contribution >= 4 is 5.88 Å². The van der Waals surface area contributed by atoms with Gasteiger partial charge in [-0.1, -0.05) is 19.0 Å². The summed E-state index contributed by atoms with van der Waals surface area (Å²) >= 11 is 0. The second-order valence-corrected chi connectivity index (χ2v) is 4.58. The highest BCUT2D eigenvalue weighted by Crippen LogP contribution is 2.39. The first-order valence-corrected chi connectivity index (χ1v) is 5.77. The Kier molecular flexibility index (Phi) is 3.42. The van der Waals surface area contributed by atoms with Gasteiger partial charge in [-0.25, -0.2) is 8.78 Å². The van der Waals surface area contributed by atoms with Gasteiger partial charge in [0.05, 0.1) is 5.56 Å². The van der Waals surface area contributed by atoms with Gasteiger partial charge in [-0.2, -0.15) is 0 Å². The summed E-state index contributed by atoms with van der Waals surface area (Å²) < 4.78 is 30.6. The highest BCUT2D eigenvalue weighted by atomic mass is 19.3. The predicted molar refractivity (Wildman–Crippen MR) is 67.1 cm³/mol. The maximum atomic E-state index is 12.9. The van der Waals surface area contributed by atoms with Gasteiger partial charge in [-0.05, 0) is 23.6 Å². The Balaban J connectivity index is 2.65. The van der Waals surface area contributed by atoms with Gasteiger partial charge in [-0.15, -0.1) is 0 Å². The molecule has 2 aromatic rings. The number of aromatic nitrogens is 1. The lowest BCUT2D eigenvalue weighted by molar-refractivity contribution is 0.147.